The molecule has 0 fully saturated rings. The van der Waals surface area contributed by atoms with E-state index >= 15 is 0 Å². The molecule has 0 amide bonds. The van der Waals surface area contributed by atoms with E-state index in [9.17, 15) is 0 Å². The fraction of sp³-hybridized carbons (Fsp3) is 0.312. The fourth-order valence-electron chi connectivity index (χ4n) is 2.15. The number of nitrogens with one attached hydrogen (secondary N) is 1. The van der Waals surface area contributed by atoms with Crippen LogP contribution in [0.2, 0.25) is 0 Å². The molecule has 2 aromatic rings. The number of hydrogen-bond acceptors (Lipinski definition) is 5. The largest absolute Gasteiger partial charge is 0.454 e. The molecule has 0 radical (unpaired) electrons. The van der Waals surface area contributed by atoms with Crippen molar-refractivity contribution in [3.63, 3.8) is 0 Å². The highest BCUT2D eigenvalue weighted by Crippen LogP contribution is 2.32. The van der Waals surface area contributed by atoms with Gasteiger partial charge in [-0.15, -0.1) is 0 Å². The van der Waals surface area contributed by atoms with E-state index < -0.39 is 0 Å². The topological polar surface area (TPSA) is 52.6 Å². The van der Waals surface area contributed by atoms with E-state index in [1.165, 1.54) is 0 Å². The molecule has 0 bridgehead atoms. The lowest BCUT2D eigenvalue weighted by Gasteiger charge is -2.06. The van der Waals surface area contributed by atoms with Gasteiger partial charge in [0, 0.05) is 12.7 Å². The van der Waals surface area contributed by atoms with E-state index in [1.54, 1.807) is 0 Å². The summed E-state index contributed by atoms with van der Waals surface area (Å²) in [6.07, 6.45) is 1.87. The van der Waals surface area contributed by atoms with E-state index in [1.807, 2.05) is 37.5 Å². The maximum Gasteiger partial charge on any atom is 0.231 e. The van der Waals surface area contributed by atoms with E-state index in [4.69, 9.17) is 14.2 Å². The molecule has 0 spiro atoms. The van der Waals surface area contributed by atoms with Gasteiger partial charge >= 0.3 is 0 Å². The standard InChI is InChI=1S/C16H18N2O3/c1-17-7-13-2-4-14(18-8-13)10-19-9-12-3-5-15-16(6-12)21-11-20-15/h2-6,8,17H,7,9-11H2,1H3. The summed E-state index contributed by atoms with van der Waals surface area (Å²) in [4.78, 5) is 4.38. The van der Waals surface area contributed by atoms with Crippen molar-refractivity contribution in [2.24, 2.45) is 0 Å². The summed E-state index contributed by atoms with van der Waals surface area (Å²) >= 11 is 0. The summed E-state index contributed by atoms with van der Waals surface area (Å²) in [5, 5.41) is 3.10. The molecule has 2 heterocycles. The van der Waals surface area contributed by atoms with Crippen LogP contribution in [0.15, 0.2) is 36.5 Å². The number of ether oxygens (including phenoxy) is 3. The second-order valence-corrected chi connectivity index (χ2v) is 4.87. The second kappa shape index (κ2) is 6.56. The maximum absolute atomic E-state index is 5.69. The van der Waals surface area contributed by atoms with Crippen molar-refractivity contribution in [2.75, 3.05) is 13.8 Å². The van der Waals surface area contributed by atoms with Crippen LogP contribution >= 0.6 is 0 Å². The van der Waals surface area contributed by atoms with Crippen LogP contribution in [0.25, 0.3) is 0 Å². The third-order valence-electron chi connectivity index (χ3n) is 3.22. The highest BCUT2D eigenvalue weighted by molar-refractivity contribution is 5.44. The Bertz CT molecular complexity index is 599. The van der Waals surface area contributed by atoms with Crippen LogP contribution in [0.1, 0.15) is 16.8 Å². The van der Waals surface area contributed by atoms with E-state index in [2.05, 4.69) is 16.4 Å². The minimum absolute atomic E-state index is 0.294. The summed E-state index contributed by atoms with van der Waals surface area (Å²) in [6.45, 7) is 2.14. The molecule has 0 saturated carbocycles. The molecule has 3 rings (SSSR count). The Balaban J connectivity index is 1.51. The van der Waals surface area contributed by atoms with Crippen LogP contribution in [0.5, 0.6) is 11.5 Å². The average Bonchev–Trinajstić information content (AvgIpc) is 2.97. The third-order valence-corrected chi connectivity index (χ3v) is 3.22. The lowest BCUT2D eigenvalue weighted by atomic mass is 10.2. The van der Waals surface area contributed by atoms with Crippen molar-refractivity contribution in [3.8, 4) is 11.5 Å². The third kappa shape index (κ3) is 3.51. The van der Waals surface area contributed by atoms with Crippen molar-refractivity contribution in [3.05, 3.63) is 53.3 Å². The quantitative estimate of drug-likeness (QED) is 0.882. The van der Waals surface area contributed by atoms with Crippen LogP contribution in [-0.2, 0) is 24.5 Å². The molecule has 1 aliphatic rings. The van der Waals surface area contributed by atoms with Crippen molar-refractivity contribution in [2.45, 2.75) is 19.8 Å². The molecule has 1 aliphatic heterocycles. The smallest absolute Gasteiger partial charge is 0.231 e. The summed E-state index contributed by atoms with van der Waals surface area (Å²) in [6, 6.07) is 9.89. The van der Waals surface area contributed by atoms with Crippen molar-refractivity contribution >= 4 is 0 Å². The number of hydrogen-bond donors (Lipinski definition) is 1. The van der Waals surface area contributed by atoms with Gasteiger partial charge in [0.25, 0.3) is 0 Å². The van der Waals surface area contributed by atoms with Gasteiger partial charge in [-0.3, -0.25) is 4.98 Å². The molecule has 0 unspecified atom stereocenters. The second-order valence-electron chi connectivity index (χ2n) is 4.87. The zero-order chi connectivity index (χ0) is 14.5. The molecule has 110 valence electrons. The first-order chi connectivity index (χ1) is 10.3. The van der Waals surface area contributed by atoms with E-state index in [-0.39, 0.29) is 0 Å². The monoisotopic (exact) mass is 286 g/mol. The van der Waals surface area contributed by atoms with Crippen LogP contribution in [0.4, 0.5) is 0 Å². The van der Waals surface area contributed by atoms with Gasteiger partial charge < -0.3 is 19.5 Å². The molecule has 5 heteroatoms. The predicted molar refractivity (Wildman–Crippen MR) is 78.1 cm³/mol. The van der Waals surface area contributed by atoms with E-state index in [0.717, 1.165) is 34.9 Å². The summed E-state index contributed by atoms with van der Waals surface area (Å²) in [7, 11) is 1.92. The molecule has 1 N–H and O–H groups in total. The molecule has 1 aromatic carbocycles. The lowest BCUT2D eigenvalue weighted by Crippen LogP contribution is -2.05. The Hall–Kier alpha value is -2.11. The van der Waals surface area contributed by atoms with E-state index in [0.29, 0.717) is 20.0 Å². The van der Waals surface area contributed by atoms with Gasteiger partial charge in [0.15, 0.2) is 11.5 Å². The van der Waals surface area contributed by atoms with Gasteiger partial charge in [0.2, 0.25) is 6.79 Å². The SMILES string of the molecule is CNCc1ccc(COCc2ccc3c(c2)OCO3)nc1. The first kappa shape index (κ1) is 13.9. The molecule has 5 nitrogen and oxygen atoms in total. The Morgan fingerprint density at radius 1 is 1.10 bits per heavy atom. The van der Waals surface area contributed by atoms with Crippen molar-refractivity contribution in [1.29, 1.82) is 0 Å². The molecule has 21 heavy (non-hydrogen) atoms. The van der Waals surface area contributed by atoms with Gasteiger partial charge in [0.05, 0.1) is 18.9 Å². The first-order valence-corrected chi connectivity index (χ1v) is 6.90. The Morgan fingerprint density at radius 3 is 2.76 bits per heavy atom. The van der Waals surface area contributed by atoms with Gasteiger partial charge in [-0.2, -0.15) is 0 Å². The Morgan fingerprint density at radius 2 is 1.95 bits per heavy atom. The molecule has 0 atom stereocenters. The van der Waals surface area contributed by atoms with Crippen molar-refractivity contribution < 1.29 is 14.2 Å². The molecule has 1 aromatic heterocycles. The highest BCUT2D eigenvalue weighted by atomic mass is 16.7. The number of nitrogens with zero attached hydrogens (tertiary/aromatic N) is 1. The first-order valence-electron chi connectivity index (χ1n) is 6.90. The van der Waals surface area contributed by atoms with Crippen LogP contribution in [-0.4, -0.2) is 18.8 Å². The normalized spacial score (nSPS) is 12.6. The summed E-state index contributed by atoms with van der Waals surface area (Å²) in [5.41, 5.74) is 3.15. The van der Waals surface area contributed by atoms with Crippen LogP contribution in [0.3, 0.4) is 0 Å². The molecular weight excluding hydrogens is 268 g/mol. The summed E-state index contributed by atoms with van der Waals surface area (Å²) < 4.78 is 16.3. The number of fused-ring (bicyclic) bond motifs is 1. The van der Waals surface area contributed by atoms with Crippen LogP contribution < -0.4 is 14.8 Å². The Labute approximate surface area is 123 Å². The molecule has 0 saturated heterocycles. The Kier molecular flexibility index (Phi) is 4.33. The number of aromatic nitrogens is 1. The zero-order valence-electron chi connectivity index (χ0n) is 12.0. The minimum Gasteiger partial charge on any atom is -0.454 e. The predicted octanol–water partition coefficient (Wildman–Crippen LogP) is 2.25. The fourth-order valence-corrected chi connectivity index (χ4v) is 2.15. The van der Waals surface area contributed by atoms with Gasteiger partial charge in [-0.1, -0.05) is 12.1 Å². The zero-order valence-corrected chi connectivity index (χ0v) is 12.0. The highest BCUT2D eigenvalue weighted by Gasteiger charge is 2.13. The average molecular weight is 286 g/mol. The number of benzene rings is 1. The van der Waals surface area contributed by atoms with Gasteiger partial charge in [-0.25, -0.2) is 0 Å². The number of rotatable bonds is 6. The van der Waals surface area contributed by atoms with Crippen LogP contribution in [0, 0.1) is 0 Å². The lowest BCUT2D eigenvalue weighted by molar-refractivity contribution is 0.104. The van der Waals surface area contributed by atoms with Gasteiger partial charge in [0.1, 0.15) is 0 Å². The minimum atomic E-state index is 0.294. The number of pyridine rings is 1. The molecular formula is C16H18N2O3. The van der Waals surface area contributed by atoms with Crippen molar-refractivity contribution in [1.82, 2.24) is 10.3 Å². The molecule has 0 aliphatic carbocycles. The summed E-state index contributed by atoms with van der Waals surface area (Å²) in [5.74, 6) is 1.58. The maximum atomic E-state index is 5.69. The van der Waals surface area contributed by atoms with Gasteiger partial charge in [-0.05, 0) is 36.4 Å².